The maximum absolute atomic E-state index is 9.50. The van der Waals surface area contributed by atoms with Crippen LogP contribution in [0.3, 0.4) is 0 Å². The van der Waals surface area contributed by atoms with E-state index in [1.807, 2.05) is 13.8 Å². The van der Waals surface area contributed by atoms with Crippen LogP contribution in [0.4, 0.5) is 0 Å². The van der Waals surface area contributed by atoms with Gasteiger partial charge in [0.1, 0.15) is 0 Å². The van der Waals surface area contributed by atoms with E-state index in [-0.39, 0.29) is 24.3 Å². The summed E-state index contributed by atoms with van der Waals surface area (Å²) in [5.41, 5.74) is -0.268. The fraction of sp³-hybridized carbons (Fsp3) is 1.00. The Kier molecular flexibility index (Phi) is 3.09. The zero-order valence-electron chi connectivity index (χ0n) is 7.88. The standard InChI is InChI=1S/C9H19NO2/c1-9(2,6-11)10-7-4-3-5-8(7)12/h7-8,10-12H,3-6H2,1-2H3/t7-,8-/m0/s1. The van der Waals surface area contributed by atoms with Gasteiger partial charge in [-0.2, -0.15) is 0 Å². The van der Waals surface area contributed by atoms with Crippen molar-refractivity contribution in [1.29, 1.82) is 0 Å². The smallest absolute Gasteiger partial charge is 0.0693 e. The Morgan fingerprint density at radius 2 is 2.08 bits per heavy atom. The average Bonchev–Trinajstić information content (AvgIpc) is 2.36. The van der Waals surface area contributed by atoms with Gasteiger partial charge in [0.05, 0.1) is 12.7 Å². The molecule has 0 spiro atoms. The zero-order valence-corrected chi connectivity index (χ0v) is 7.88. The minimum atomic E-state index is -0.268. The molecule has 3 N–H and O–H groups in total. The summed E-state index contributed by atoms with van der Waals surface area (Å²) in [5, 5.41) is 21.8. The summed E-state index contributed by atoms with van der Waals surface area (Å²) in [6.45, 7) is 3.99. The van der Waals surface area contributed by atoms with E-state index in [0.717, 1.165) is 19.3 Å². The highest BCUT2D eigenvalue weighted by atomic mass is 16.3. The number of aliphatic hydroxyl groups is 2. The van der Waals surface area contributed by atoms with Gasteiger partial charge < -0.3 is 15.5 Å². The second kappa shape index (κ2) is 3.73. The first-order chi connectivity index (χ1) is 5.55. The van der Waals surface area contributed by atoms with Crippen LogP contribution in [-0.4, -0.2) is 34.5 Å². The van der Waals surface area contributed by atoms with Gasteiger partial charge >= 0.3 is 0 Å². The van der Waals surface area contributed by atoms with E-state index in [2.05, 4.69) is 5.32 Å². The van der Waals surface area contributed by atoms with Crippen molar-refractivity contribution >= 4 is 0 Å². The minimum absolute atomic E-state index is 0.107. The first-order valence-electron chi connectivity index (χ1n) is 4.62. The SMILES string of the molecule is CC(C)(CO)N[C@H]1CCC[C@@H]1O. The zero-order chi connectivity index (χ0) is 9.19. The molecule has 1 fully saturated rings. The van der Waals surface area contributed by atoms with E-state index in [1.54, 1.807) is 0 Å². The third kappa shape index (κ3) is 2.44. The molecule has 0 aliphatic heterocycles. The fourth-order valence-electron chi connectivity index (χ4n) is 1.66. The Morgan fingerprint density at radius 3 is 2.50 bits per heavy atom. The second-order valence-electron chi connectivity index (χ2n) is 4.29. The molecular formula is C9H19NO2. The summed E-state index contributed by atoms with van der Waals surface area (Å²) in [6, 6.07) is 0.173. The van der Waals surface area contributed by atoms with Gasteiger partial charge in [-0.15, -0.1) is 0 Å². The lowest BCUT2D eigenvalue weighted by Gasteiger charge is -2.29. The average molecular weight is 173 g/mol. The quantitative estimate of drug-likeness (QED) is 0.574. The van der Waals surface area contributed by atoms with Crippen LogP contribution < -0.4 is 5.32 Å². The summed E-state index contributed by atoms with van der Waals surface area (Å²) < 4.78 is 0. The summed E-state index contributed by atoms with van der Waals surface area (Å²) in [4.78, 5) is 0. The van der Waals surface area contributed by atoms with Crippen LogP contribution >= 0.6 is 0 Å². The van der Waals surface area contributed by atoms with Crippen LogP contribution in [0.5, 0.6) is 0 Å². The van der Waals surface area contributed by atoms with Crippen LogP contribution in [0, 0.1) is 0 Å². The van der Waals surface area contributed by atoms with Crippen molar-refractivity contribution in [2.75, 3.05) is 6.61 Å². The molecule has 0 radical (unpaired) electrons. The molecule has 3 nitrogen and oxygen atoms in total. The monoisotopic (exact) mass is 173 g/mol. The Labute approximate surface area is 73.8 Å². The third-order valence-corrected chi connectivity index (χ3v) is 2.45. The van der Waals surface area contributed by atoms with E-state index in [1.165, 1.54) is 0 Å². The molecule has 2 atom stereocenters. The lowest BCUT2D eigenvalue weighted by Crippen LogP contribution is -2.51. The highest BCUT2D eigenvalue weighted by molar-refractivity contribution is 4.89. The van der Waals surface area contributed by atoms with Gasteiger partial charge in [0.2, 0.25) is 0 Å². The third-order valence-electron chi connectivity index (χ3n) is 2.45. The lowest BCUT2D eigenvalue weighted by molar-refractivity contribution is 0.110. The van der Waals surface area contributed by atoms with E-state index in [4.69, 9.17) is 5.11 Å². The summed E-state index contributed by atoms with van der Waals surface area (Å²) in [7, 11) is 0. The molecule has 0 heterocycles. The predicted octanol–water partition coefficient (Wildman–Crippen LogP) is 0.260. The molecule has 1 rings (SSSR count). The molecular weight excluding hydrogens is 154 g/mol. The Balaban J connectivity index is 2.39. The van der Waals surface area contributed by atoms with Crippen molar-refractivity contribution in [3.8, 4) is 0 Å². The highest BCUT2D eigenvalue weighted by Crippen LogP contribution is 2.20. The number of aliphatic hydroxyl groups excluding tert-OH is 2. The molecule has 0 aromatic rings. The molecule has 1 aliphatic rings. The number of hydrogen-bond acceptors (Lipinski definition) is 3. The van der Waals surface area contributed by atoms with E-state index < -0.39 is 0 Å². The number of nitrogens with one attached hydrogen (secondary N) is 1. The van der Waals surface area contributed by atoms with Gasteiger partial charge in [-0.05, 0) is 33.1 Å². The van der Waals surface area contributed by atoms with Crippen LogP contribution in [0.15, 0.2) is 0 Å². The Hall–Kier alpha value is -0.120. The van der Waals surface area contributed by atoms with Gasteiger partial charge in [-0.3, -0.25) is 0 Å². The van der Waals surface area contributed by atoms with Gasteiger partial charge in [0, 0.05) is 11.6 Å². The molecule has 3 heteroatoms. The van der Waals surface area contributed by atoms with Crippen molar-refractivity contribution in [2.24, 2.45) is 0 Å². The van der Waals surface area contributed by atoms with Crippen molar-refractivity contribution in [3.63, 3.8) is 0 Å². The molecule has 1 aliphatic carbocycles. The molecule has 0 amide bonds. The number of hydrogen-bond donors (Lipinski definition) is 3. The lowest BCUT2D eigenvalue weighted by atomic mass is 10.0. The molecule has 1 saturated carbocycles. The molecule has 0 unspecified atom stereocenters. The Morgan fingerprint density at radius 1 is 1.42 bits per heavy atom. The molecule has 72 valence electrons. The van der Waals surface area contributed by atoms with Gasteiger partial charge in [0.25, 0.3) is 0 Å². The van der Waals surface area contributed by atoms with Gasteiger partial charge in [0.15, 0.2) is 0 Å². The van der Waals surface area contributed by atoms with Crippen LogP contribution in [0.2, 0.25) is 0 Å². The van der Waals surface area contributed by atoms with Crippen LogP contribution in [0.1, 0.15) is 33.1 Å². The van der Waals surface area contributed by atoms with Gasteiger partial charge in [-0.1, -0.05) is 0 Å². The van der Waals surface area contributed by atoms with Crippen molar-refractivity contribution in [3.05, 3.63) is 0 Å². The molecule has 12 heavy (non-hydrogen) atoms. The fourth-order valence-corrected chi connectivity index (χ4v) is 1.66. The highest BCUT2D eigenvalue weighted by Gasteiger charge is 2.29. The van der Waals surface area contributed by atoms with E-state index >= 15 is 0 Å². The van der Waals surface area contributed by atoms with Crippen LogP contribution in [-0.2, 0) is 0 Å². The number of rotatable bonds is 3. The maximum atomic E-state index is 9.50. The van der Waals surface area contributed by atoms with E-state index in [0.29, 0.717) is 0 Å². The van der Waals surface area contributed by atoms with Crippen molar-refractivity contribution < 1.29 is 10.2 Å². The Bertz CT molecular complexity index is 147. The molecule has 0 saturated heterocycles. The van der Waals surface area contributed by atoms with E-state index in [9.17, 15) is 5.11 Å². The van der Waals surface area contributed by atoms with Crippen molar-refractivity contribution in [2.45, 2.75) is 50.8 Å². The predicted molar refractivity (Wildman–Crippen MR) is 47.9 cm³/mol. The minimum Gasteiger partial charge on any atom is -0.394 e. The molecule has 0 bridgehead atoms. The summed E-state index contributed by atoms with van der Waals surface area (Å²) >= 11 is 0. The molecule has 0 aromatic heterocycles. The largest absolute Gasteiger partial charge is 0.394 e. The van der Waals surface area contributed by atoms with Crippen LogP contribution in [0.25, 0.3) is 0 Å². The molecule has 0 aromatic carbocycles. The first-order valence-corrected chi connectivity index (χ1v) is 4.62. The van der Waals surface area contributed by atoms with Gasteiger partial charge in [-0.25, -0.2) is 0 Å². The maximum Gasteiger partial charge on any atom is 0.0693 e. The first kappa shape index (κ1) is 9.96. The normalized spacial score (nSPS) is 31.0. The topological polar surface area (TPSA) is 52.5 Å². The summed E-state index contributed by atoms with van der Waals surface area (Å²) in [6.07, 6.45) is 2.76. The second-order valence-corrected chi connectivity index (χ2v) is 4.29. The van der Waals surface area contributed by atoms with Crippen molar-refractivity contribution in [1.82, 2.24) is 5.32 Å². The summed E-state index contributed by atoms with van der Waals surface area (Å²) in [5.74, 6) is 0.